The largest absolute Gasteiger partial charge is 0.337 e. The second-order valence-corrected chi connectivity index (χ2v) is 5.73. The first-order valence-electron chi connectivity index (χ1n) is 7.71. The molecule has 130 valence electrons. The Hall–Kier alpha value is -3.75. The number of amides is 2. The fraction of sp³-hybridized carbons (Fsp3) is 0.118. The zero-order valence-corrected chi connectivity index (χ0v) is 13.6. The van der Waals surface area contributed by atoms with Gasteiger partial charge in [-0.15, -0.1) is 0 Å². The predicted octanol–water partition coefficient (Wildman–Crippen LogP) is 0.628. The molecule has 1 N–H and O–H groups in total. The summed E-state index contributed by atoms with van der Waals surface area (Å²) in [6.07, 6.45) is 1.12. The van der Waals surface area contributed by atoms with Gasteiger partial charge < -0.3 is 4.84 Å². The SMILES string of the molecule is Cc1nc2cc[nH]n2c(=O)c1CC(=O)ON1C(=O)c2ccccc2C1=O. The maximum absolute atomic E-state index is 12.4. The van der Waals surface area contributed by atoms with Gasteiger partial charge in [0.05, 0.1) is 23.1 Å². The smallest absolute Gasteiger partial charge is 0.329 e. The number of nitrogens with zero attached hydrogens (tertiary/aromatic N) is 3. The second-order valence-electron chi connectivity index (χ2n) is 5.73. The molecule has 3 heterocycles. The van der Waals surface area contributed by atoms with Crippen LogP contribution in [0.4, 0.5) is 0 Å². The van der Waals surface area contributed by atoms with Crippen molar-refractivity contribution >= 4 is 23.4 Å². The fourth-order valence-corrected chi connectivity index (χ4v) is 2.84. The third-order valence-corrected chi connectivity index (χ3v) is 4.12. The summed E-state index contributed by atoms with van der Waals surface area (Å²) in [5, 5.41) is 3.12. The molecule has 4 rings (SSSR count). The summed E-state index contributed by atoms with van der Waals surface area (Å²) in [5.74, 6) is -2.34. The van der Waals surface area contributed by atoms with E-state index >= 15 is 0 Å². The third kappa shape index (κ3) is 2.29. The molecule has 9 nitrogen and oxygen atoms in total. The highest BCUT2D eigenvalue weighted by Gasteiger charge is 2.38. The van der Waals surface area contributed by atoms with Crippen molar-refractivity contribution in [2.75, 3.05) is 0 Å². The van der Waals surface area contributed by atoms with E-state index in [1.807, 2.05) is 0 Å². The molecule has 0 atom stereocenters. The third-order valence-electron chi connectivity index (χ3n) is 4.12. The van der Waals surface area contributed by atoms with E-state index in [0.29, 0.717) is 16.4 Å². The van der Waals surface area contributed by atoms with Crippen LogP contribution in [-0.4, -0.2) is 37.4 Å². The fourth-order valence-electron chi connectivity index (χ4n) is 2.84. The number of benzene rings is 1. The van der Waals surface area contributed by atoms with E-state index < -0.39 is 29.8 Å². The Morgan fingerprint density at radius 3 is 2.42 bits per heavy atom. The van der Waals surface area contributed by atoms with Gasteiger partial charge in [0.25, 0.3) is 17.4 Å². The lowest BCUT2D eigenvalue weighted by Gasteiger charge is -2.13. The van der Waals surface area contributed by atoms with Gasteiger partial charge in [-0.05, 0) is 19.1 Å². The van der Waals surface area contributed by atoms with Gasteiger partial charge in [0.15, 0.2) is 5.65 Å². The Morgan fingerprint density at radius 2 is 1.77 bits per heavy atom. The van der Waals surface area contributed by atoms with Crippen molar-refractivity contribution in [3.05, 3.63) is 69.3 Å². The summed E-state index contributed by atoms with van der Waals surface area (Å²) in [4.78, 5) is 58.2. The second kappa shape index (κ2) is 5.66. The van der Waals surface area contributed by atoms with Gasteiger partial charge in [-0.1, -0.05) is 17.2 Å². The summed E-state index contributed by atoms with van der Waals surface area (Å²) in [6.45, 7) is 1.60. The lowest BCUT2D eigenvalue weighted by atomic mass is 10.1. The molecule has 0 fully saturated rings. The Labute approximate surface area is 145 Å². The summed E-state index contributed by atoms with van der Waals surface area (Å²) in [7, 11) is 0. The van der Waals surface area contributed by atoms with Gasteiger partial charge in [0.1, 0.15) is 0 Å². The van der Waals surface area contributed by atoms with Crippen LogP contribution in [0.25, 0.3) is 5.65 Å². The lowest BCUT2D eigenvalue weighted by Crippen LogP contribution is -2.34. The van der Waals surface area contributed by atoms with Crippen LogP contribution in [0.15, 0.2) is 41.3 Å². The molecule has 1 aromatic carbocycles. The number of fused-ring (bicyclic) bond motifs is 2. The van der Waals surface area contributed by atoms with Gasteiger partial charge in [-0.3, -0.25) is 19.5 Å². The van der Waals surface area contributed by atoms with Crippen molar-refractivity contribution in [3.8, 4) is 0 Å². The van der Waals surface area contributed by atoms with Crippen molar-refractivity contribution in [1.29, 1.82) is 0 Å². The zero-order chi connectivity index (χ0) is 18.4. The summed E-state index contributed by atoms with van der Waals surface area (Å²) < 4.78 is 1.19. The molecule has 1 aliphatic heterocycles. The van der Waals surface area contributed by atoms with Crippen LogP contribution in [0.2, 0.25) is 0 Å². The van der Waals surface area contributed by atoms with Crippen LogP contribution in [0.3, 0.4) is 0 Å². The molecule has 0 aliphatic carbocycles. The number of hydrogen-bond acceptors (Lipinski definition) is 6. The number of rotatable bonds is 3. The number of aromatic nitrogens is 3. The van der Waals surface area contributed by atoms with E-state index in [2.05, 4.69) is 10.1 Å². The highest BCUT2D eigenvalue weighted by Crippen LogP contribution is 2.22. The molecule has 9 heteroatoms. The number of aryl methyl sites for hydroxylation is 1. The molecule has 0 radical (unpaired) electrons. The van der Waals surface area contributed by atoms with Crippen LogP contribution >= 0.6 is 0 Å². The highest BCUT2D eigenvalue weighted by molar-refractivity contribution is 6.20. The topological polar surface area (TPSA) is 114 Å². The number of hydrogen-bond donors (Lipinski definition) is 1. The van der Waals surface area contributed by atoms with E-state index in [0.717, 1.165) is 0 Å². The van der Waals surface area contributed by atoms with E-state index in [1.54, 1.807) is 31.3 Å². The van der Waals surface area contributed by atoms with E-state index in [4.69, 9.17) is 4.84 Å². The monoisotopic (exact) mass is 352 g/mol. The van der Waals surface area contributed by atoms with Crippen LogP contribution in [-0.2, 0) is 16.1 Å². The van der Waals surface area contributed by atoms with Crippen molar-refractivity contribution in [1.82, 2.24) is 19.7 Å². The Bertz CT molecular complexity index is 1110. The number of carbonyl (C=O) groups is 3. The summed E-state index contributed by atoms with van der Waals surface area (Å²) >= 11 is 0. The molecule has 26 heavy (non-hydrogen) atoms. The molecule has 3 aromatic rings. The van der Waals surface area contributed by atoms with Gasteiger partial charge >= 0.3 is 5.97 Å². The van der Waals surface area contributed by atoms with Crippen molar-refractivity contribution in [3.63, 3.8) is 0 Å². The van der Waals surface area contributed by atoms with Crippen LogP contribution in [0.5, 0.6) is 0 Å². The molecule has 1 aliphatic rings. The first kappa shape index (κ1) is 15.8. The molecule has 0 saturated carbocycles. The Balaban J connectivity index is 1.58. The number of H-pyrrole nitrogens is 1. The molecule has 0 saturated heterocycles. The van der Waals surface area contributed by atoms with E-state index in [1.165, 1.54) is 16.6 Å². The number of hydroxylamine groups is 2. The number of carbonyl (C=O) groups excluding carboxylic acids is 3. The highest BCUT2D eigenvalue weighted by atomic mass is 16.7. The average Bonchev–Trinajstić information content (AvgIpc) is 3.18. The molecule has 2 amide bonds. The van der Waals surface area contributed by atoms with Crippen molar-refractivity contribution < 1.29 is 19.2 Å². The molecule has 0 unspecified atom stereocenters. The minimum Gasteiger partial charge on any atom is -0.329 e. The number of nitrogens with one attached hydrogen (secondary N) is 1. The quantitative estimate of drug-likeness (QED) is 0.692. The minimum absolute atomic E-state index is 0.117. The van der Waals surface area contributed by atoms with Gasteiger partial charge in [0.2, 0.25) is 0 Å². The molecule has 2 aromatic heterocycles. The Kier molecular flexibility index (Phi) is 3.43. The van der Waals surface area contributed by atoms with Gasteiger partial charge in [-0.25, -0.2) is 14.3 Å². The average molecular weight is 352 g/mol. The normalized spacial score (nSPS) is 13.3. The molecule has 0 bridgehead atoms. The maximum Gasteiger partial charge on any atom is 0.337 e. The van der Waals surface area contributed by atoms with Crippen LogP contribution < -0.4 is 5.56 Å². The first-order valence-corrected chi connectivity index (χ1v) is 7.71. The minimum atomic E-state index is -0.909. The standard InChI is InChI=1S/C17H12N4O5/c1-9-12(15(23)20-13(19-9)6-7-18-20)8-14(22)26-21-16(24)10-4-2-3-5-11(10)17(21)25/h2-7,18H,8H2,1H3. The van der Waals surface area contributed by atoms with E-state index in [9.17, 15) is 19.2 Å². The van der Waals surface area contributed by atoms with Gasteiger partial charge in [0, 0.05) is 18.0 Å². The predicted molar refractivity (Wildman–Crippen MR) is 87.3 cm³/mol. The van der Waals surface area contributed by atoms with E-state index in [-0.39, 0.29) is 16.7 Å². The Morgan fingerprint density at radius 1 is 1.12 bits per heavy atom. The summed E-state index contributed by atoms with van der Waals surface area (Å²) in [6, 6.07) is 7.79. The number of aromatic amines is 1. The van der Waals surface area contributed by atoms with Crippen molar-refractivity contribution in [2.45, 2.75) is 13.3 Å². The first-order chi connectivity index (χ1) is 12.5. The molecular weight excluding hydrogens is 340 g/mol. The maximum atomic E-state index is 12.4. The summed E-state index contributed by atoms with van der Waals surface area (Å²) in [5.41, 5.74) is 0.786. The van der Waals surface area contributed by atoms with Crippen molar-refractivity contribution in [2.24, 2.45) is 0 Å². The van der Waals surface area contributed by atoms with Crippen LogP contribution in [0, 0.1) is 6.92 Å². The van der Waals surface area contributed by atoms with Gasteiger partial charge in [-0.2, -0.15) is 0 Å². The van der Waals surface area contributed by atoms with Crippen LogP contribution in [0.1, 0.15) is 32.0 Å². The molecular formula is C17H12N4O5. The number of imide groups is 1. The molecule has 0 spiro atoms. The lowest BCUT2D eigenvalue weighted by molar-refractivity contribution is -0.167. The zero-order valence-electron chi connectivity index (χ0n) is 13.6.